The van der Waals surface area contributed by atoms with E-state index < -0.39 is 5.91 Å². The zero-order chi connectivity index (χ0) is 26.6. The molecule has 196 valence electrons. The van der Waals surface area contributed by atoms with Gasteiger partial charge >= 0.3 is 0 Å². The van der Waals surface area contributed by atoms with E-state index in [1.807, 2.05) is 20.8 Å². The number of benzene rings is 3. The number of carbonyl (C=O) groups is 1. The van der Waals surface area contributed by atoms with Gasteiger partial charge in [0.15, 0.2) is 23.0 Å². The van der Waals surface area contributed by atoms with Gasteiger partial charge in [-0.15, -0.1) is 0 Å². The molecule has 0 aromatic heterocycles. The predicted octanol–water partition coefficient (Wildman–Crippen LogP) is 6.41. The van der Waals surface area contributed by atoms with Gasteiger partial charge < -0.3 is 18.9 Å². The lowest BCUT2D eigenvalue weighted by Gasteiger charge is -2.14. The van der Waals surface area contributed by atoms with E-state index in [4.69, 9.17) is 30.5 Å². The molecule has 3 aromatic rings. The van der Waals surface area contributed by atoms with Gasteiger partial charge in [-0.1, -0.05) is 36.7 Å². The molecule has 0 unspecified atom stereocenters. The molecule has 3 aromatic carbocycles. The Balaban J connectivity index is 1.71. The van der Waals surface area contributed by atoms with Crippen LogP contribution in [0.25, 0.3) is 0 Å². The molecule has 0 saturated carbocycles. The van der Waals surface area contributed by atoms with Crippen molar-refractivity contribution in [1.29, 1.82) is 0 Å². The van der Waals surface area contributed by atoms with E-state index in [-0.39, 0.29) is 17.4 Å². The molecule has 0 heterocycles. The van der Waals surface area contributed by atoms with Crippen molar-refractivity contribution in [2.24, 2.45) is 5.10 Å². The number of rotatable bonds is 13. The maximum absolute atomic E-state index is 14.0. The Bertz CT molecular complexity index is 1240. The number of hydrazone groups is 1. The van der Waals surface area contributed by atoms with Crippen molar-refractivity contribution < 1.29 is 28.1 Å². The smallest absolute Gasteiger partial charge is 0.271 e. The van der Waals surface area contributed by atoms with Gasteiger partial charge in [0.1, 0.15) is 12.4 Å². The fraction of sp³-hybridized carbons (Fsp3) is 0.286. The van der Waals surface area contributed by atoms with Crippen molar-refractivity contribution in [1.82, 2.24) is 5.43 Å². The molecule has 0 radical (unpaired) electrons. The Labute approximate surface area is 221 Å². The summed E-state index contributed by atoms with van der Waals surface area (Å²) in [5.74, 6) is 0.962. The van der Waals surface area contributed by atoms with Gasteiger partial charge in [-0.25, -0.2) is 9.82 Å². The summed E-state index contributed by atoms with van der Waals surface area (Å²) in [4.78, 5) is 12.6. The van der Waals surface area contributed by atoms with Crippen LogP contribution in [0.5, 0.6) is 23.0 Å². The Kier molecular flexibility index (Phi) is 10.6. The molecule has 3 rings (SSSR count). The van der Waals surface area contributed by atoms with Crippen molar-refractivity contribution in [2.45, 2.75) is 33.8 Å². The second-order valence-electron chi connectivity index (χ2n) is 7.79. The van der Waals surface area contributed by atoms with E-state index >= 15 is 0 Å². The van der Waals surface area contributed by atoms with Crippen LogP contribution in [0.4, 0.5) is 4.39 Å². The quantitative estimate of drug-likeness (QED) is 0.205. The molecule has 1 N–H and O–H groups in total. The SMILES string of the molecule is CCCOc1ccc(C(=O)N/N=C/c2cc(Cl)c(OCc3ccccc3F)c(OCC)c2)cc1OCC. The molecule has 0 atom stereocenters. The third-order valence-corrected chi connectivity index (χ3v) is 5.29. The minimum absolute atomic E-state index is 0.0119. The van der Waals surface area contributed by atoms with Gasteiger partial charge in [-0.2, -0.15) is 5.10 Å². The first kappa shape index (κ1) is 27.8. The van der Waals surface area contributed by atoms with Crippen molar-refractivity contribution in [3.05, 3.63) is 82.1 Å². The van der Waals surface area contributed by atoms with Crippen LogP contribution in [0.3, 0.4) is 0 Å². The highest BCUT2D eigenvalue weighted by atomic mass is 35.5. The minimum Gasteiger partial charge on any atom is -0.490 e. The zero-order valence-corrected chi connectivity index (χ0v) is 21.8. The summed E-state index contributed by atoms with van der Waals surface area (Å²) in [5, 5.41) is 4.30. The number of carbonyl (C=O) groups excluding carboxylic acids is 1. The third-order valence-electron chi connectivity index (χ3n) is 5.01. The lowest BCUT2D eigenvalue weighted by atomic mass is 10.2. The molecule has 0 saturated heterocycles. The van der Waals surface area contributed by atoms with Gasteiger partial charge in [-0.3, -0.25) is 4.79 Å². The molecular weight excluding hydrogens is 499 g/mol. The van der Waals surface area contributed by atoms with E-state index in [9.17, 15) is 9.18 Å². The molecule has 0 fully saturated rings. The van der Waals surface area contributed by atoms with E-state index in [0.29, 0.717) is 59.5 Å². The number of ether oxygens (including phenoxy) is 4. The summed E-state index contributed by atoms with van der Waals surface area (Å²) in [6, 6.07) is 14.6. The van der Waals surface area contributed by atoms with Crippen LogP contribution >= 0.6 is 11.6 Å². The summed E-state index contributed by atoms with van der Waals surface area (Å²) in [6.07, 6.45) is 2.30. The van der Waals surface area contributed by atoms with Crippen molar-refractivity contribution in [3.8, 4) is 23.0 Å². The molecule has 1 amide bonds. The maximum atomic E-state index is 14.0. The lowest BCUT2D eigenvalue weighted by Crippen LogP contribution is -2.17. The minimum atomic E-state index is -0.416. The molecular formula is C28H30ClFN2O5. The van der Waals surface area contributed by atoms with Crippen LogP contribution in [0.15, 0.2) is 59.7 Å². The standard InChI is InChI=1S/C28H30ClFN2O5/c1-4-13-36-24-12-11-20(16-25(24)34-5-2)28(33)32-31-17-19-14-22(29)27(26(15-19)35-6-3)37-18-21-9-7-8-10-23(21)30/h7-12,14-17H,4-6,13,18H2,1-3H3,(H,32,33)/b31-17+. The van der Waals surface area contributed by atoms with Crippen LogP contribution in [-0.2, 0) is 6.61 Å². The Morgan fingerprint density at radius 3 is 2.43 bits per heavy atom. The van der Waals surface area contributed by atoms with Crippen molar-refractivity contribution in [2.75, 3.05) is 19.8 Å². The van der Waals surface area contributed by atoms with Crippen LogP contribution in [0.1, 0.15) is 48.7 Å². The zero-order valence-electron chi connectivity index (χ0n) is 21.1. The molecule has 7 nitrogen and oxygen atoms in total. The Hall–Kier alpha value is -3.78. The normalized spacial score (nSPS) is 10.8. The van der Waals surface area contributed by atoms with Gasteiger partial charge in [0, 0.05) is 11.1 Å². The van der Waals surface area contributed by atoms with Gasteiger partial charge in [0.25, 0.3) is 5.91 Å². The predicted molar refractivity (Wildman–Crippen MR) is 142 cm³/mol. The summed E-state index contributed by atoms with van der Waals surface area (Å²) in [5.41, 5.74) is 3.83. The first-order valence-electron chi connectivity index (χ1n) is 12.0. The summed E-state index contributed by atoms with van der Waals surface area (Å²) < 4.78 is 36.7. The Morgan fingerprint density at radius 2 is 1.70 bits per heavy atom. The van der Waals surface area contributed by atoms with Crippen LogP contribution in [0, 0.1) is 5.82 Å². The number of amides is 1. The Morgan fingerprint density at radius 1 is 0.946 bits per heavy atom. The van der Waals surface area contributed by atoms with E-state index in [2.05, 4.69) is 10.5 Å². The topological polar surface area (TPSA) is 78.4 Å². The number of hydrogen-bond acceptors (Lipinski definition) is 6. The average Bonchev–Trinajstić information content (AvgIpc) is 2.88. The first-order valence-corrected chi connectivity index (χ1v) is 12.4. The summed E-state index contributed by atoms with van der Waals surface area (Å²) >= 11 is 6.44. The van der Waals surface area contributed by atoms with E-state index in [1.54, 1.807) is 48.5 Å². The van der Waals surface area contributed by atoms with Crippen molar-refractivity contribution in [3.63, 3.8) is 0 Å². The van der Waals surface area contributed by atoms with Gasteiger partial charge in [-0.05, 0) is 62.2 Å². The summed E-state index contributed by atoms with van der Waals surface area (Å²) in [6.45, 7) is 7.04. The van der Waals surface area contributed by atoms with Crippen LogP contribution in [0.2, 0.25) is 5.02 Å². The molecule has 0 bridgehead atoms. The molecule has 0 spiro atoms. The van der Waals surface area contributed by atoms with Gasteiger partial charge in [0.05, 0.1) is 31.1 Å². The number of halogens is 2. The highest BCUT2D eigenvalue weighted by Gasteiger charge is 2.14. The highest BCUT2D eigenvalue weighted by Crippen LogP contribution is 2.37. The number of nitrogens with one attached hydrogen (secondary N) is 1. The fourth-order valence-corrected chi connectivity index (χ4v) is 3.58. The monoisotopic (exact) mass is 528 g/mol. The third kappa shape index (κ3) is 7.85. The average molecular weight is 529 g/mol. The van der Waals surface area contributed by atoms with Crippen LogP contribution < -0.4 is 24.4 Å². The van der Waals surface area contributed by atoms with Gasteiger partial charge in [0.2, 0.25) is 0 Å². The molecule has 0 aliphatic heterocycles. The van der Waals surface area contributed by atoms with E-state index in [1.165, 1.54) is 12.3 Å². The molecule has 9 heteroatoms. The molecule has 37 heavy (non-hydrogen) atoms. The largest absolute Gasteiger partial charge is 0.490 e. The second-order valence-corrected chi connectivity index (χ2v) is 8.19. The number of nitrogens with zero attached hydrogens (tertiary/aromatic N) is 1. The fourth-order valence-electron chi connectivity index (χ4n) is 3.31. The summed E-state index contributed by atoms with van der Waals surface area (Å²) in [7, 11) is 0. The highest BCUT2D eigenvalue weighted by molar-refractivity contribution is 6.32. The molecule has 0 aliphatic rings. The number of hydrogen-bond donors (Lipinski definition) is 1. The maximum Gasteiger partial charge on any atom is 0.271 e. The molecule has 0 aliphatic carbocycles. The first-order chi connectivity index (χ1) is 18.0. The second kappa shape index (κ2) is 14.1. The van der Waals surface area contributed by atoms with E-state index in [0.717, 1.165) is 6.42 Å². The van der Waals surface area contributed by atoms with Crippen LogP contribution in [-0.4, -0.2) is 31.9 Å². The lowest BCUT2D eigenvalue weighted by molar-refractivity contribution is 0.0954. The van der Waals surface area contributed by atoms with Crippen molar-refractivity contribution >= 4 is 23.7 Å².